The summed E-state index contributed by atoms with van der Waals surface area (Å²) in [5.41, 5.74) is 6.81. The van der Waals surface area contributed by atoms with E-state index in [0.29, 0.717) is 23.4 Å². The van der Waals surface area contributed by atoms with Gasteiger partial charge in [-0.1, -0.05) is 0 Å². The Labute approximate surface area is 313 Å². The maximum atomic E-state index is 12.9. The van der Waals surface area contributed by atoms with Gasteiger partial charge in [0.15, 0.2) is 11.2 Å². The summed E-state index contributed by atoms with van der Waals surface area (Å²) in [5, 5.41) is 20.5. The van der Waals surface area contributed by atoms with Crippen molar-refractivity contribution in [3.63, 3.8) is 0 Å². The number of nitrogens with one attached hydrogen (secondary N) is 5. The van der Waals surface area contributed by atoms with Gasteiger partial charge in [0.25, 0.3) is 17.4 Å². The highest BCUT2D eigenvalue weighted by molar-refractivity contribution is 5.97. The zero-order chi connectivity index (χ0) is 39.6. The molecule has 0 radical (unpaired) electrons. The Kier molecular flexibility index (Phi) is 16.1. The van der Waals surface area contributed by atoms with Crippen molar-refractivity contribution >= 4 is 52.3 Å². The number of aromatic nitrogens is 4. The van der Waals surface area contributed by atoms with Crippen LogP contribution >= 0.6 is 0 Å². The summed E-state index contributed by atoms with van der Waals surface area (Å²) in [6.07, 6.45) is 1.87. The van der Waals surface area contributed by atoms with Gasteiger partial charge in [-0.05, 0) is 61.4 Å². The number of carboxylic acid groups (broad SMARTS) is 1. The summed E-state index contributed by atoms with van der Waals surface area (Å²) in [6, 6.07) is 10.1. The number of ether oxygens (including phenoxy) is 2. The molecule has 1 unspecified atom stereocenters. The van der Waals surface area contributed by atoms with Gasteiger partial charge in [-0.15, -0.1) is 0 Å². The van der Waals surface area contributed by atoms with Crippen LogP contribution in [0.1, 0.15) is 58.5 Å². The van der Waals surface area contributed by atoms with Gasteiger partial charge in [0, 0.05) is 49.2 Å². The van der Waals surface area contributed by atoms with Gasteiger partial charge in [-0.3, -0.25) is 29.0 Å². The topological polar surface area (TPSA) is 270 Å². The standard InChI is InChI=1S/C36H42FN9O9/c37-24-7-3-22(4-8-24)32(49)40-15-17-55-19-18-54-16-13-29(48)39-14-1-2-27(47)11-12-28(35(52)53)44-33(50)23-5-9-25(10-6-23)41-20-26-21-42-31-30(43-26)34(51)46-36(38)45-31/h3-10,21,28,41H,1-2,11-20H2,(H,39,48)(H,40,49)(H,44,50)(H,52,53)(H3,38,42,45,46,51). The number of carbonyl (C=O) groups excluding carboxylic acids is 4. The number of nitrogens with two attached hydrogens (primary N) is 1. The zero-order valence-corrected chi connectivity index (χ0v) is 29.8. The lowest BCUT2D eigenvalue weighted by Gasteiger charge is -2.14. The number of aliphatic carboxylic acids is 1. The number of ketones is 1. The molecule has 55 heavy (non-hydrogen) atoms. The van der Waals surface area contributed by atoms with E-state index in [1.807, 2.05) is 0 Å². The van der Waals surface area contributed by atoms with Crippen molar-refractivity contribution in [3.05, 3.63) is 87.7 Å². The Balaban J connectivity index is 1.03. The predicted octanol–water partition coefficient (Wildman–Crippen LogP) is 1.33. The predicted molar refractivity (Wildman–Crippen MR) is 196 cm³/mol. The largest absolute Gasteiger partial charge is 0.480 e. The number of hydrogen-bond acceptors (Lipinski definition) is 13. The highest BCUT2D eigenvalue weighted by Gasteiger charge is 2.22. The Morgan fingerprint density at radius 2 is 1.53 bits per heavy atom. The van der Waals surface area contributed by atoms with Crippen LogP contribution in [0.15, 0.2) is 59.5 Å². The Morgan fingerprint density at radius 3 is 2.25 bits per heavy atom. The lowest BCUT2D eigenvalue weighted by atomic mass is 10.1. The van der Waals surface area contributed by atoms with E-state index in [-0.39, 0.29) is 112 Å². The minimum atomic E-state index is -1.28. The van der Waals surface area contributed by atoms with E-state index in [9.17, 15) is 38.3 Å². The molecule has 4 rings (SSSR count). The smallest absolute Gasteiger partial charge is 0.326 e. The molecule has 19 heteroatoms. The summed E-state index contributed by atoms with van der Waals surface area (Å²) in [4.78, 5) is 87.7. The highest BCUT2D eigenvalue weighted by Crippen LogP contribution is 2.13. The lowest BCUT2D eigenvalue weighted by Crippen LogP contribution is -2.41. The molecule has 0 aliphatic rings. The summed E-state index contributed by atoms with van der Waals surface area (Å²) in [7, 11) is 0. The summed E-state index contributed by atoms with van der Waals surface area (Å²) in [5.74, 6) is -3.18. The number of carbonyl (C=O) groups is 5. The molecule has 0 aliphatic carbocycles. The van der Waals surface area contributed by atoms with Crippen LogP contribution in [0.2, 0.25) is 0 Å². The number of amides is 3. The van der Waals surface area contributed by atoms with E-state index >= 15 is 0 Å². The number of aromatic amines is 1. The van der Waals surface area contributed by atoms with Crippen LogP contribution in [0.5, 0.6) is 0 Å². The minimum Gasteiger partial charge on any atom is -0.480 e. The van der Waals surface area contributed by atoms with Crippen molar-refractivity contribution in [2.45, 2.75) is 44.7 Å². The number of fused-ring (bicyclic) bond motifs is 1. The van der Waals surface area contributed by atoms with Gasteiger partial charge >= 0.3 is 5.97 Å². The van der Waals surface area contributed by atoms with Crippen LogP contribution in [0.25, 0.3) is 11.2 Å². The van der Waals surface area contributed by atoms with E-state index in [1.54, 1.807) is 12.1 Å². The second-order valence-electron chi connectivity index (χ2n) is 12.0. The second kappa shape index (κ2) is 21.4. The quantitative estimate of drug-likeness (QED) is 0.0526. The molecular formula is C36H42FN9O9. The molecule has 1 atom stereocenters. The molecule has 0 fully saturated rings. The van der Waals surface area contributed by atoms with Gasteiger partial charge < -0.3 is 41.6 Å². The van der Waals surface area contributed by atoms with Crippen molar-refractivity contribution in [1.29, 1.82) is 0 Å². The van der Waals surface area contributed by atoms with Crippen molar-refractivity contribution in [2.24, 2.45) is 0 Å². The first-order chi connectivity index (χ1) is 26.5. The zero-order valence-electron chi connectivity index (χ0n) is 29.8. The van der Waals surface area contributed by atoms with Crippen LogP contribution in [0, 0.1) is 5.82 Å². The van der Waals surface area contributed by atoms with Crippen LogP contribution in [0.4, 0.5) is 16.0 Å². The second-order valence-corrected chi connectivity index (χ2v) is 12.0. The first kappa shape index (κ1) is 41.4. The van der Waals surface area contributed by atoms with E-state index in [0.717, 1.165) is 0 Å². The Hall–Kier alpha value is -6.34. The summed E-state index contributed by atoms with van der Waals surface area (Å²) < 4.78 is 23.7. The maximum absolute atomic E-state index is 12.9. The van der Waals surface area contributed by atoms with Gasteiger partial charge in [-0.25, -0.2) is 19.2 Å². The number of hydrogen-bond donors (Lipinski definition) is 7. The first-order valence-corrected chi connectivity index (χ1v) is 17.3. The van der Waals surface area contributed by atoms with Gasteiger partial charge in [0.2, 0.25) is 11.9 Å². The van der Waals surface area contributed by atoms with Crippen LogP contribution in [-0.4, -0.2) is 100 Å². The third-order valence-electron chi connectivity index (χ3n) is 7.86. The molecule has 4 aromatic rings. The minimum absolute atomic E-state index is 0.0437. The molecular weight excluding hydrogens is 721 g/mol. The number of halogens is 1. The molecule has 18 nitrogen and oxygen atoms in total. The number of H-pyrrole nitrogens is 1. The summed E-state index contributed by atoms with van der Waals surface area (Å²) in [6.45, 7) is 1.66. The molecule has 2 aromatic heterocycles. The van der Waals surface area contributed by atoms with Crippen LogP contribution < -0.4 is 32.6 Å². The molecule has 0 saturated carbocycles. The number of Topliss-reactive ketones (excluding diaryl/α,β-unsaturated/α-hetero) is 1. The monoisotopic (exact) mass is 763 g/mol. The molecule has 0 spiro atoms. The normalized spacial score (nSPS) is 11.4. The number of carboxylic acids is 1. The molecule has 0 aliphatic heterocycles. The fraction of sp³-hybridized carbons (Fsp3) is 0.361. The van der Waals surface area contributed by atoms with E-state index in [2.05, 4.69) is 41.2 Å². The maximum Gasteiger partial charge on any atom is 0.326 e. The molecule has 3 amide bonds. The van der Waals surface area contributed by atoms with Crippen molar-refractivity contribution < 1.29 is 42.9 Å². The Morgan fingerprint density at radius 1 is 0.836 bits per heavy atom. The van der Waals surface area contributed by atoms with Crippen LogP contribution in [0.3, 0.4) is 0 Å². The number of nitrogen functional groups attached to an aromatic ring is 1. The van der Waals surface area contributed by atoms with Gasteiger partial charge in [0.05, 0.1) is 44.9 Å². The summed E-state index contributed by atoms with van der Waals surface area (Å²) >= 11 is 0. The van der Waals surface area contributed by atoms with E-state index in [1.165, 1.54) is 42.6 Å². The third-order valence-corrected chi connectivity index (χ3v) is 7.86. The van der Waals surface area contributed by atoms with E-state index < -0.39 is 29.3 Å². The van der Waals surface area contributed by atoms with Crippen molar-refractivity contribution in [2.75, 3.05) is 50.6 Å². The molecule has 2 heterocycles. The first-order valence-electron chi connectivity index (χ1n) is 17.3. The SMILES string of the molecule is Nc1nc2ncc(CNc3ccc(C(=O)NC(CCC(=O)CCCNC(=O)CCOCCOCCNC(=O)c4ccc(F)cc4)C(=O)O)cc3)nc2c(=O)[nH]1. The van der Waals surface area contributed by atoms with Gasteiger partial charge in [0.1, 0.15) is 17.6 Å². The van der Waals surface area contributed by atoms with Crippen molar-refractivity contribution in [1.82, 2.24) is 35.9 Å². The number of benzene rings is 2. The molecule has 292 valence electrons. The number of anilines is 2. The van der Waals surface area contributed by atoms with Gasteiger partial charge in [-0.2, -0.15) is 4.98 Å². The fourth-order valence-corrected chi connectivity index (χ4v) is 4.95. The number of rotatable bonds is 23. The average molecular weight is 764 g/mol. The molecule has 0 saturated heterocycles. The fourth-order valence-electron chi connectivity index (χ4n) is 4.95. The van der Waals surface area contributed by atoms with Crippen LogP contribution in [-0.2, 0) is 30.4 Å². The lowest BCUT2D eigenvalue weighted by molar-refractivity contribution is -0.139. The molecule has 8 N–H and O–H groups in total. The average Bonchev–Trinajstić information content (AvgIpc) is 3.16. The Bertz CT molecular complexity index is 1990. The van der Waals surface area contributed by atoms with E-state index in [4.69, 9.17) is 15.2 Å². The van der Waals surface area contributed by atoms with Crippen molar-refractivity contribution in [3.8, 4) is 0 Å². The third kappa shape index (κ3) is 14.2. The number of nitrogens with zero attached hydrogens (tertiary/aromatic N) is 3. The molecule has 0 bridgehead atoms. The molecule has 2 aromatic carbocycles. The highest BCUT2D eigenvalue weighted by atomic mass is 19.1.